The molecule has 7 heteroatoms. The number of hydrogen-bond acceptors (Lipinski definition) is 5. The third kappa shape index (κ3) is 5.16. The number of amides is 2. The number of nitrogens with two attached hydrogens (primary N) is 1. The molecule has 1 fully saturated rings. The summed E-state index contributed by atoms with van der Waals surface area (Å²) in [5.41, 5.74) is 6.00. The Morgan fingerprint density at radius 2 is 1.93 bits per heavy atom. The number of primary amides is 1. The Labute approximate surface area is 163 Å². The maximum atomic E-state index is 12.5. The number of ketones is 1. The van der Waals surface area contributed by atoms with E-state index in [9.17, 15) is 14.4 Å². The van der Waals surface area contributed by atoms with Crippen LogP contribution in [0.1, 0.15) is 46.5 Å². The van der Waals surface area contributed by atoms with Gasteiger partial charge in [0.15, 0.2) is 5.78 Å². The smallest absolute Gasteiger partial charge is 0.267 e. The molecule has 1 aliphatic rings. The fourth-order valence-corrected chi connectivity index (χ4v) is 3.22. The van der Waals surface area contributed by atoms with E-state index in [0.29, 0.717) is 24.4 Å². The van der Waals surface area contributed by atoms with Gasteiger partial charge in [-0.1, -0.05) is 30.3 Å². The monoisotopic (exact) mass is 381 g/mol. The molecule has 0 aliphatic carbocycles. The van der Waals surface area contributed by atoms with Gasteiger partial charge in [0.05, 0.1) is 6.54 Å². The predicted octanol–water partition coefficient (Wildman–Crippen LogP) is 2.21. The number of pyridine rings is 1. The molecule has 0 saturated carbocycles. The molecule has 0 spiro atoms. The highest BCUT2D eigenvalue weighted by Crippen LogP contribution is 2.20. The standard InChI is InChI=1S/C21H23N3O4/c22-21(27)18-13-16(10-11-23-18)28-17-7-4-12-24(14-17)20(26)9-8-19(25)15-5-2-1-3-6-15/h1-3,5-6,10-11,13,17H,4,7-9,12,14H2,(H2,22,27). The predicted molar refractivity (Wildman–Crippen MR) is 103 cm³/mol. The van der Waals surface area contributed by atoms with Crippen molar-refractivity contribution in [2.45, 2.75) is 31.8 Å². The molecular weight excluding hydrogens is 358 g/mol. The molecule has 3 rings (SSSR count). The van der Waals surface area contributed by atoms with Crippen molar-refractivity contribution in [2.24, 2.45) is 5.73 Å². The Morgan fingerprint density at radius 3 is 2.68 bits per heavy atom. The van der Waals surface area contributed by atoms with Crippen molar-refractivity contribution in [3.8, 4) is 5.75 Å². The molecule has 0 bridgehead atoms. The second kappa shape index (κ2) is 9.12. The van der Waals surface area contributed by atoms with E-state index in [0.717, 1.165) is 12.8 Å². The second-order valence-electron chi connectivity index (χ2n) is 6.75. The van der Waals surface area contributed by atoms with Gasteiger partial charge in [0.2, 0.25) is 5.91 Å². The lowest BCUT2D eigenvalue weighted by molar-refractivity contribution is -0.133. The summed E-state index contributed by atoms with van der Waals surface area (Å²) >= 11 is 0. The number of carbonyl (C=O) groups excluding carboxylic acids is 3. The molecule has 1 aromatic heterocycles. The summed E-state index contributed by atoms with van der Waals surface area (Å²) in [5.74, 6) is -0.198. The van der Waals surface area contributed by atoms with E-state index >= 15 is 0 Å². The molecule has 1 atom stereocenters. The van der Waals surface area contributed by atoms with Gasteiger partial charge in [-0.25, -0.2) is 0 Å². The van der Waals surface area contributed by atoms with Gasteiger partial charge >= 0.3 is 0 Å². The SMILES string of the molecule is NC(=O)c1cc(OC2CCCN(C(=O)CCC(=O)c3ccccc3)C2)ccn1. The number of aromatic nitrogens is 1. The van der Waals surface area contributed by atoms with Crippen molar-refractivity contribution in [3.05, 3.63) is 59.9 Å². The highest BCUT2D eigenvalue weighted by atomic mass is 16.5. The number of piperidine rings is 1. The molecule has 2 aromatic rings. The summed E-state index contributed by atoms with van der Waals surface area (Å²) in [6, 6.07) is 12.1. The van der Waals surface area contributed by atoms with Crippen LogP contribution < -0.4 is 10.5 Å². The third-order valence-electron chi connectivity index (χ3n) is 4.68. The van der Waals surface area contributed by atoms with Crippen LogP contribution in [-0.4, -0.2) is 46.7 Å². The summed E-state index contributed by atoms with van der Waals surface area (Å²) in [4.78, 5) is 41.6. The minimum absolute atomic E-state index is 0.0328. The van der Waals surface area contributed by atoms with Crippen LogP contribution in [0, 0.1) is 0 Å². The maximum absolute atomic E-state index is 12.5. The molecule has 2 amide bonds. The van der Waals surface area contributed by atoms with Crippen LogP contribution in [0.5, 0.6) is 5.75 Å². The average Bonchev–Trinajstić information content (AvgIpc) is 2.72. The zero-order valence-corrected chi connectivity index (χ0v) is 15.5. The van der Waals surface area contributed by atoms with Crippen LogP contribution in [0.4, 0.5) is 0 Å². The van der Waals surface area contributed by atoms with Gasteiger partial charge in [0, 0.05) is 37.2 Å². The van der Waals surface area contributed by atoms with Gasteiger partial charge in [-0.05, 0) is 18.9 Å². The minimum Gasteiger partial charge on any atom is -0.488 e. The van der Waals surface area contributed by atoms with Crippen LogP contribution in [-0.2, 0) is 4.79 Å². The fourth-order valence-electron chi connectivity index (χ4n) is 3.22. The number of Topliss-reactive ketones (excluding diaryl/α,β-unsaturated/α-hetero) is 1. The molecular formula is C21H23N3O4. The topological polar surface area (TPSA) is 103 Å². The molecule has 1 saturated heterocycles. The Hall–Kier alpha value is -3.22. The number of likely N-dealkylation sites (tertiary alicyclic amines) is 1. The molecule has 146 valence electrons. The van der Waals surface area contributed by atoms with Crippen molar-refractivity contribution in [2.75, 3.05) is 13.1 Å². The van der Waals surface area contributed by atoms with Crippen molar-refractivity contribution in [3.63, 3.8) is 0 Å². The van der Waals surface area contributed by atoms with E-state index in [4.69, 9.17) is 10.5 Å². The van der Waals surface area contributed by atoms with Crippen LogP contribution in [0.25, 0.3) is 0 Å². The zero-order chi connectivity index (χ0) is 19.9. The normalized spacial score (nSPS) is 16.4. The van der Waals surface area contributed by atoms with E-state index in [1.807, 2.05) is 18.2 Å². The van der Waals surface area contributed by atoms with Gasteiger partial charge in [-0.3, -0.25) is 19.4 Å². The number of carbonyl (C=O) groups is 3. The molecule has 28 heavy (non-hydrogen) atoms. The van der Waals surface area contributed by atoms with Crippen LogP contribution in [0.2, 0.25) is 0 Å². The van der Waals surface area contributed by atoms with Crippen LogP contribution in [0.3, 0.4) is 0 Å². The number of ether oxygens (including phenoxy) is 1. The zero-order valence-electron chi connectivity index (χ0n) is 15.5. The van der Waals surface area contributed by atoms with Gasteiger partial charge in [0.25, 0.3) is 5.91 Å². The Bertz CT molecular complexity index is 854. The van der Waals surface area contributed by atoms with Crippen LogP contribution >= 0.6 is 0 Å². The summed E-state index contributed by atoms with van der Waals surface area (Å²) in [6.45, 7) is 1.10. The lowest BCUT2D eigenvalue weighted by atomic mass is 10.0. The van der Waals surface area contributed by atoms with Gasteiger partial charge in [0.1, 0.15) is 17.5 Å². The van der Waals surface area contributed by atoms with E-state index in [2.05, 4.69) is 4.98 Å². The average molecular weight is 381 g/mol. The first kappa shape index (κ1) is 19.5. The molecule has 1 aliphatic heterocycles. The fraction of sp³-hybridized carbons (Fsp3) is 0.333. The largest absolute Gasteiger partial charge is 0.488 e. The van der Waals surface area contributed by atoms with Gasteiger partial charge in [-0.2, -0.15) is 0 Å². The summed E-state index contributed by atoms with van der Waals surface area (Å²) in [7, 11) is 0. The Morgan fingerprint density at radius 1 is 1.14 bits per heavy atom. The maximum Gasteiger partial charge on any atom is 0.267 e. The first-order valence-corrected chi connectivity index (χ1v) is 9.31. The quantitative estimate of drug-likeness (QED) is 0.741. The Balaban J connectivity index is 1.52. The number of nitrogens with zero attached hydrogens (tertiary/aromatic N) is 2. The second-order valence-corrected chi connectivity index (χ2v) is 6.75. The lowest BCUT2D eigenvalue weighted by Crippen LogP contribution is -2.44. The molecule has 0 radical (unpaired) electrons. The van der Waals surface area contributed by atoms with E-state index in [-0.39, 0.29) is 36.3 Å². The molecule has 2 heterocycles. The van der Waals surface area contributed by atoms with Gasteiger partial charge in [-0.15, -0.1) is 0 Å². The molecule has 7 nitrogen and oxygen atoms in total. The van der Waals surface area contributed by atoms with Crippen LogP contribution in [0.15, 0.2) is 48.7 Å². The Kier molecular flexibility index (Phi) is 6.37. The number of hydrogen-bond donors (Lipinski definition) is 1. The lowest BCUT2D eigenvalue weighted by Gasteiger charge is -2.33. The number of benzene rings is 1. The molecule has 2 N–H and O–H groups in total. The summed E-state index contributed by atoms with van der Waals surface area (Å²) in [6.07, 6.45) is 3.29. The highest BCUT2D eigenvalue weighted by molar-refractivity contribution is 5.97. The van der Waals surface area contributed by atoms with E-state index in [1.165, 1.54) is 12.3 Å². The van der Waals surface area contributed by atoms with E-state index < -0.39 is 5.91 Å². The number of rotatable bonds is 7. The minimum atomic E-state index is -0.617. The molecule has 1 aromatic carbocycles. The first-order valence-electron chi connectivity index (χ1n) is 9.31. The van der Waals surface area contributed by atoms with Crippen molar-refractivity contribution in [1.29, 1.82) is 0 Å². The molecule has 1 unspecified atom stereocenters. The van der Waals surface area contributed by atoms with Gasteiger partial charge < -0.3 is 15.4 Å². The van der Waals surface area contributed by atoms with E-state index in [1.54, 1.807) is 23.1 Å². The van der Waals surface area contributed by atoms with Crippen molar-refractivity contribution >= 4 is 17.6 Å². The third-order valence-corrected chi connectivity index (χ3v) is 4.68. The van der Waals surface area contributed by atoms with Crippen molar-refractivity contribution < 1.29 is 19.1 Å². The summed E-state index contributed by atoms with van der Waals surface area (Å²) < 4.78 is 5.91. The van der Waals surface area contributed by atoms with Crippen molar-refractivity contribution in [1.82, 2.24) is 9.88 Å². The summed E-state index contributed by atoms with van der Waals surface area (Å²) in [5, 5.41) is 0. The first-order chi connectivity index (χ1) is 13.5. The highest BCUT2D eigenvalue weighted by Gasteiger charge is 2.25.